The zero-order valence-electron chi connectivity index (χ0n) is 18.0. The highest BCUT2D eigenvalue weighted by Crippen LogP contribution is 2.29. The molecule has 0 N–H and O–H groups in total. The van der Waals surface area contributed by atoms with Gasteiger partial charge in [0.15, 0.2) is 0 Å². The fourth-order valence-corrected chi connectivity index (χ4v) is 4.71. The summed E-state index contributed by atoms with van der Waals surface area (Å²) in [5, 5.41) is 0.711. The normalized spacial score (nSPS) is 13.8. The number of amides is 2. The highest BCUT2D eigenvalue weighted by atomic mass is 32.2. The van der Waals surface area contributed by atoms with Gasteiger partial charge in [-0.1, -0.05) is 60.3 Å². The Bertz CT molecular complexity index is 1040. The zero-order valence-corrected chi connectivity index (χ0v) is 18.8. The molecule has 0 unspecified atom stereocenters. The van der Waals surface area contributed by atoms with Gasteiger partial charge in [0.1, 0.15) is 5.03 Å². The van der Waals surface area contributed by atoms with Crippen LogP contribution in [-0.4, -0.2) is 52.8 Å². The van der Waals surface area contributed by atoms with Crippen LogP contribution >= 0.6 is 11.8 Å². The number of aromatic nitrogens is 1. The van der Waals surface area contributed by atoms with Crippen molar-refractivity contribution in [2.24, 2.45) is 0 Å². The van der Waals surface area contributed by atoms with Crippen LogP contribution in [0, 0.1) is 0 Å². The number of carbonyl (C=O) groups is 2. The van der Waals surface area contributed by atoms with Gasteiger partial charge in [0.2, 0.25) is 5.91 Å². The molecular formula is C26H27N3O2S. The predicted molar refractivity (Wildman–Crippen MR) is 127 cm³/mol. The number of benzene rings is 2. The van der Waals surface area contributed by atoms with Crippen LogP contribution in [0.1, 0.15) is 28.8 Å². The molecule has 5 nitrogen and oxygen atoms in total. The first-order valence-corrected chi connectivity index (χ1v) is 11.8. The SMILES string of the molecule is O=C(CCCc1ccccc1)N1CCN(C(=O)c2cccnc2Sc2ccccc2)CC1. The van der Waals surface area contributed by atoms with E-state index < -0.39 is 0 Å². The minimum atomic E-state index is -0.0206. The van der Waals surface area contributed by atoms with E-state index in [1.807, 2.05) is 64.4 Å². The molecule has 1 aliphatic rings. The lowest BCUT2D eigenvalue weighted by molar-refractivity contribution is -0.132. The number of pyridine rings is 1. The highest BCUT2D eigenvalue weighted by Gasteiger charge is 2.26. The Hall–Kier alpha value is -3.12. The fourth-order valence-electron chi connectivity index (χ4n) is 3.81. The first-order chi connectivity index (χ1) is 15.7. The number of piperazine rings is 1. The van der Waals surface area contributed by atoms with Gasteiger partial charge < -0.3 is 9.80 Å². The molecule has 3 aromatic rings. The highest BCUT2D eigenvalue weighted by molar-refractivity contribution is 7.99. The van der Waals surface area contributed by atoms with Gasteiger partial charge in [-0.25, -0.2) is 4.98 Å². The van der Waals surface area contributed by atoms with Gasteiger partial charge in [-0.05, 0) is 42.7 Å². The Labute approximate surface area is 193 Å². The molecule has 1 fully saturated rings. The van der Waals surface area contributed by atoms with Crippen LogP contribution in [0.15, 0.2) is 88.9 Å². The van der Waals surface area contributed by atoms with E-state index >= 15 is 0 Å². The topological polar surface area (TPSA) is 53.5 Å². The van der Waals surface area contributed by atoms with E-state index in [-0.39, 0.29) is 11.8 Å². The minimum Gasteiger partial charge on any atom is -0.339 e. The van der Waals surface area contributed by atoms with Gasteiger partial charge in [-0.3, -0.25) is 9.59 Å². The summed E-state index contributed by atoms with van der Waals surface area (Å²) in [5.41, 5.74) is 1.88. The first kappa shape index (κ1) is 22.1. The van der Waals surface area contributed by atoms with Crippen molar-refractivity contribution in [3.8, 4) is 0 Å². The summed E-state index contributed by atoms with van der Waals surface area (Å²) in [6.07, 6.45) is 4.02. The van der Waals surface area contributed by atoms with Crippen molar-refractivity contribution in [1.82, 2.24) is 14.8 Å². The third-order valence-corrected chi connectivity index (χ3v) is 6.60. The second kappa shape index (κ2) is 11.0. The number of hydrogen-bond donors (Lipinski definition) is 0. The first-order valence-electron chi connectivity index (χ1n) is 11.0. The van der Waals surface area contributed by atoms with Crippen molar-refractivity contribution in [3.05, 3.63) is 90.1 Å². The predicted octanol–water partition coefficient (Wildman–Crippen LogP) is 4.54. The van der Waals surface area contributed by atoms with Crippen molar-refractivity contribution in [1.29, 1.82) is 0 Å². The molecule has 1 saturated heterocycles. The smallest absolute Gasteiger partial charge is 0.256 e. The molecule has 4 rings (SSSR count). The fraction of sp³-hybridized carbons (Fsp3) is 0.269. The molecule has 6 heteroatoms. The third-order valence-electron chi connectivity index (χ3n) is 5.58. The van der Waals surface area contributed by atoms with E-state index in [4.69, 9.17) is 0 Å². The number of aryl methyl sites for hydroxylation is 1. The summed E-state index contributed by atoms with van der Waals surface area (Å²) < 4.78 is 0. The minimum absolute atomic E-state index is 0.0206. The zero-order chi connectivity index (χ0) is 22.2. The summed E-state index contributed by atoms with van der Waals surface area (Å²) in [4.78, 5) is 35.0. The van der Waals surface area contributed by atoms with Crippen LogP contribution < -0.4 is 0 Å². The van der Waals surface area contributed by atoms with Gasteiger partial charge in [0.05, 0.1) is 5.56 Å². The Balaban J connectivity index is 1.29. The van der Waals surface area contributed by atoms with E-state index in [1.54, 1.807) is 12.3 Å². The molecule has 0 aliphatic carbocycles. The van der Waals surface area contributed by atoms with Crippen molar-refractivity contribution in [2.75, 3.05) is 26.2 Å². The second-order valence-electron chi connectivity index (χ2n) is 7.78. The van der Waals surface area contributed by atoms with Crippen LogP contribution in [0.3, 0.4) is 0 Å². The van der Waals surface area contributed by atoms with Crippen LogP contribution in [0.25, 0.3) is 0 Å². The van der Waals surface area contributed by atoms with Gasteiger partial charge in [0.25, 0.3) is 5.91 Å². The number of carbonyl (C=O) groups excluding carboxylic acids is 2. The Morgan fingerprint density at radius 2 is 1.47 bits per heavy atom. The molecule has 2 aromatic carbocycles. The summed E-state index contributed by atoms with van der Waals surface area (Å²) in [7, 11) is 0. The molecule has 0 spiro atoms. The summed E-state index contributed by atoms with van der Waals surface area (Å²) in [6, 6.07) is 23.8. The third kappa shape index (κ3) is 5.77. The van der Waals surface area contributed by atoms with E-state index in [9.17, 15) is 9.59 Å². The maximum atomic E-state index is 13.2. The number of nitrogens with zero attached hydrogens (tertiary/aromatic N) is 3. The second-order valence-corrected chi connectivity index (χ2v) is 8.85. The Morgan fingerprint density at radius 1 is 0.812 bits per heavy atom. The van der Waals surface area contributed by atoms with E-state index in [1.165, 1.54) is 17.3 Å². The van der Waals surface area contributed by atoms with E-state index in [0.717, 1.165) is 17.7 Å². The quantitative estimate of drug-likeness (QED) is 0.536. The van der Waals surface area contributed by atoms with Crippen molar-refractivity contribution in [3.63, 3.8) is 0 Å². The van der Waals surface area contributed by atoms with Gasteiger partial charge in [-0.15, -0.1) is 0 Å². The van der Waals surface area contributed by atoms with Gasteiger partial charge in [-0.2, -0.15) is 0 Å². The summed E-state index contributed by atoms with van der Waals surface area (Å²) in [6.45, 7) is 2.26. The molecule has 164 valence electrons. The number of hydrogen-bond acceptors (Lipinski definition) is 4. The van der Waals surface area contributed by atoms with E-state index in [0.29, 0.717) is 43.2 Å². The molecule has 32 heavy (non-hydrogen) atoms. The molecule has 0 radical (unpaired) electrons. The molecule has 0 atom stereocenters. The van der Waals surface area contributed by atoms with Crippen LogP contribution in [-0.2, 0) is 11.2 Å². The average Bonchev–Trinajstić information content (AvgIpc) is 2.85. The molecule has 1 aromatic heterocycles. The molecule has 2 amide bonds. The van der Waals surface area contributed by atoms with E-state index in [2.05, 4.69) is 17.1 Å². The molecule has 0 bridgehead atoms. The lowest BCUT2D eigenvalue weighted by atomic mass is 10.1. The lowest BCUT2D eigenvalue weighted by Gasteiger charge is -2.35. The van der Waals surface area contributed by atoms with Crippen molar-refractivity contribution in [2.45, 2.75) is 29.2 Å². The monoisotopic (exact) mass is 445 g/mol. The maximum Gasteiger partial charge on any atom is 0.256 e. The molecular weight excluding hydrogens is 418 g/mol. The number of rotatable bonds is 7. The average molecular weight is 446 g/mol. The Morgan fingerprint density at radius 3 is 2.19 bits per heavy atom. The maximum absolute atomic E-state index is 13.2. The van der Waals surface area contributed by atoms with Gasteiger partial charge >= 0.3 is 0 Å². The van der Waals surface area contributed by atoms with Crippen LogP contribution in [0.5, 0.6) is 0 Å². The summed E-state index contributed by atoms with van der Waals surface area (Å²) >= 11 is 1.50. The molecule has 0 saturated carbocycles. The van der Waals surface area contributed by atoms with Gasteiger partial charge in [0, 0.05) is 43.7 Å². The summed E-state index contributed by atoms with van der Waals surface area (Å²) in [5.74, 6) is 0.155. The molecule has 2 heterocycles. The van der Waals surface area contributed by atoms with Crippen LogP contribution in [0.2, 0.25) is 0 Å². The molecule has 1 aliphatic heterocycles. The standard InChI is InChI=1S/C26H27N3O2S/c30-24(15-7-11-21-9-3-1-4-10-21)28-17-19-29(20-18-28)26(31)23-14-8-16-27-25(23)32-22-12-5-2-6-13-22/h1-6,8-10,12-14,16H,7,11,15,17-20H2. The Kier molecular flexibility index (Phi) is 7.56. The largest absolute Gasteiger partial charge is 0.339 e. The van der Waals surface area contributed by atoms with Crippen molar-refractivity contribution < 1.29 is 9.59 Å². The van der Waals surface area contributed by atoms with Crippen molar-refractivity contribution >= 4 is 23.6 Å². The van der Waals surface area contributed by atoms with Crippen LogP contribution in [0.4, 0.5) is 0 Å². The lowest BCUT2D eigenvalue weighted by Crippen LogP contribution is -2.50.